The van der Waals surface area contributed by atoms with Crippen molar-refractivity contribution in [3.05, 3.63) is 54.6 Å². The van der Waals surface area contributed by atoms with Gasteiger partial charge >= 0.3 is 0 Å². The molecule has 2 rings (SSSR count). The molecule has 0 atom stereocenters. The fraction of sp³-hybridized carbons (Fsp3) is 0.333. The molecule has 0 aliphatic carbocycles. The molecule has 2 heteroatoms. The molecule has 20 heavy (non-hydrogen) atoms. The molecule has 1 nitrogen and oxygen atoms in total. The lowest BCUT2D eigenvalue weighted by Gasteiger charge is -2.16. The highest BCUT2D eigenvalue weighted by atomic mass is 28.3. The van der Waals surface area contributed by atoms with E-state index in [2.05, 4.69) is 62.1 Å². The number of hydrogen-bond donors (Lipinski definition) is 0. The first-order valence-electron chi connectivity index (χ1n) is 7.33. The lowest BCUT2D eigenvalue weighted by Crippen LogP contribution is -2.20. The Bertz CT molecular complexity index is 529. The number of benzene rings is 2. The predicted molar refractivity (Wildman–Crippen MR) is 90.1 cm³/mol. The van der Waals surface area contributed by atoms with Crippen molar-refractivity contribution in [3.8, 4) is 16.9 Å². The van der Waals surface area contributed by atoms with Gasteiger partial charge in [-0.05, 0) is 18.1 Å². The highest BCUT2D eigenvalue weighted by Gasteiger charge is 2.12. The van der Waals surface area contributed by atoms with Gasteiger partial charge in [-0.25, -0.2) is 0 Å². The van der Waals surface area contributed by atoms with Crippen LogP contribution >= 0.6 is 0 Å². The summed E-state index contributed by atoms with van der Waals surface area (Å²) in [6.45, 7) is 8.04. The number of hydrogen-bond acceptors (Lipinski definition) is 1. The first-order valence-corrected chi connectivity index (χ1v) is 11.0. The summed E-state index contributed by atoms with van der Waals surface area (Å²) in [6.07, 6.45) is 1.15. The van der Waals surface area contributed by atoms with E-state index in [0.29, 0.717) is 0 Å². The largest absolute Gasteiger partial charge is 0.493 e. The maximum absolute atomic E-state index is 6.01. The second-order valence-electron chi connectivity index (χ2n) is 6.37. The van der Waals surface area contributed by atoms with E-state index >= 15 is 0 Å². The Balaban J connectivity index is 2.02. The van der Waals surface area contributed by atoms with E-state index < -0.39 is 8.07 Å². The van der Waals surface area contributed by atoms with Gasteiger partial charge < -0.3 is 4.74 Å². The maximum Gasteiger partial charge on any atom is 0.127 e. The smallest absolute Gasteiger partial charge is 0.127 e. The van der Waals surface area contributed by atoms with E-state index in [-0.39, 0.29) is 0 Å². The molecular weight excluding hydrogens is 260 g/mol. The number of ether oxygens (including phenoxy) is 1. The highest BCUT2D eigenvalue weighted by molar-refractivity contribution is 6.76. The zero-order chi connectivity index (χ0) is 14.4. The van der Waals surface area contributed by atoms with E-state index in [9.17, 15) is 0 Å². The SMILES string of the molecule is C[Si](C)(C)CCCOc1ccccc1-c1ccccc1. The molecule has 0 aromatic heterocycles. The van der Waals surface area contributed by atoms with Crippen molar-refractivity contribution in [2.24, 2.45) is 0 Å². The first-order chi connectivity index (χ1) is 9.56. The van der Waals surface area contributed by atoms with Crippen molar-refractivity contribution in [2.45, 2.75) is 32.1 Å². The Morgan fingerprint density at radius 2 is 1.50 bits per heavy atom. The molecule has 0 fully saturated rings. The van der Waals surface area contributed by atoms with Gasteiger partial charge in [0.2, 0.25) is 0 Å². The number of para-hydroxylation sites is 1. The van der Waals surface area contributed by atoms with Gasteiger partial charge in [-0.1, -0.05) is 74.2 Å². The number of rotatable bonds is 6. The van der Waals surface area contributed by atoms with Gasteiger partial charge in [0.05, 0.1) is 6.61 Å². The molecule has 0 saturated heterocycles. The minimum Gasteiger partial charge on any atom is -0.493 e. The lowest BCUT2D eigenvalue weighted by atomic mass is 10.1. The summed E-state index contributed by atoms with van der Waals surface area (Å²) in [7, 11) is -0.953. The van der Waals surface area contributed by atoms with Crippen molar-refractivity contribution < 1.29 is 4.74 Å². The van der Waals surface area contributed by atoms with Crippen LogP contribution in [0, 0.1) is 0 Å². The van der Waals surface area contributed by atoms with Gasteiger partial charge in [0.25, 0.3) is 0 Å². The van der Waals surface area contributed by atoms with Gasteiger partial charge in [0.15, 0.2) is 0 Å². The molecule has 0 heterocycles. The zero-order valence-electron chi connectivity index (χ0n) is 12.7. The Hall–Kier alpha value is -1.54. The van der Waals surface area contributed by atoms with Crippen LogP contribution in [0.15, 0.2) is 54.6 Å². The molecule has 0 aliphatic heterocycles. The van der Waals surface area contributed by atoms with Gasteiger partial charge in [-0.2, -0.15) is 0 Å². The lowest BCUT2D eigenvalue weighted by molar-refractivity contribution is 0.318. The third-order valence-electron chi connectivity index (χ3n) is 3.30. The summed E-state index contributed by atoms with van der Waals surface area (Å²) in [4.78, 5) is 0. The van der Waals surface area contributed by atoms with Crippen LogP contribution in [0.2, 0.25) is 25.7 Å². The normalized spacial score (nSPS) is 11.3. The van der Waals surface area contributed by atoms with Gasteiger partial charge in [0, 0.05) is 13.6 Å². The topological polar surface area (TPSA) is 9.23 Å². The van der Waals surface area contributed by atoms with Crippen molar-refractivity contribution in [2.75, 3.05) is 6.61 Å². The molecular formula is C18H24OSi. The summed E-state index contributed by atoms with van der Waals surface area (Å²) < 4.78 is 6.01. The van der Waals surface area contributed by atoms with Crippen LogP contribution in [0.4, 0.5) is 0 Å². The van der Waals surface area contributed by atoms with Crippen LogP contribution in [0.3, 0.4) is 0 Å². The summed E-state index contributed by atoms with van der Waals surface area (Å²) in [5, 5.41) is 0. The molecule has 106 valence electrons. The van der Waals surface area contributed by atoms with Crippen molar-refractivity contribution in [1.29, 1.82) is 0 Å². The molecule has 0 saturated carbocycles. The predicted octanol–water partition coefficient (Wildman–Crippen LogP) is 5.46. The molecule has 2 aromatic carbocycles. The molecule has 0 radical (unpaired) electrons. The Morgan fingerprint density at radius 3 is 2.20 bits per heavy atom. The minimum absolute atomic E-state index is 0.814. The van der Waals surface area contributed by atoms with Crippen molar-refractivity contribution >= 4 is 8.07 Å². The second-order valence-corrected chi connectivity index (χ2v) is 12.0. The molecule has 0 aliphatic rings. The minimum atomic E-state index is -0.953. The molecule has 0 unspecified atom stereocenters. The van der Waals surface area contributed by atoms with E-state index in [1.807, 2.05) is 12.1 Å². The Kier molecular flexibility index (Phi) is 5.02. The fourth-order valence-corrected chi connectivity index (χ4v) is 3.44. The molecule has 2 aromatic rings. The van der Waals surface area contributed by atoms with Gasteiger partial charge in [0.1, 0.15) is 5.75 Å². The summed E-state index contributed by atoms with van der Waals surface area (Å²) in [5.74, 6) is 0.995. The third-order valence-corrected chi connectivity index (χ3v) is 5.15. The molecule has 0 amide bonds. The van der Waals surface area contributed by atoms with Crippen LogP contribution in [0.25, 0.3) is 11.1 Å². The van der Waals surface area contributed by atoms with Gasteiger partial charge in [-0.15, -0.1) is 0 Å². The van der Waals surface area contributed by atoms with E-state index in [0.717, 1.165) is 18.8 Å². The van der Waals surface area contributed by atoms with E-state index in [1.165, 1.54) is 17.2 Å². The standard InChI is InChI=1S/C18H24OSi/c1-20(2,3)15-9-14-19-18-13-8-7-12-17(18)16-10-5-4-6-11-16/h4-8,10-13H,9,14-15H2,1-3H3. The van der Waals surface area contributed by atoms with Crippen molar-refractivity contribution in [1.82, 2.24) is 0 Å². The van der Waals surface area contributed by atoms with Crippen LogP contribution in [-0.2, 0) is 0 Å². The fourth-order valence-electron chi connectivity index (χ4n) is 2.23. The summed E-state index contributed by atoms with van der Waals surface area (Å²) in [6, 6.07) is 20.1. The van der Waals surface area contributed by atoms with E-state index in [4.69, 9.17) is 4.74 Å². The van der Waals surface area contributed by atoms with Gasteiger partial charge in [-0.3, -0.25) is 0 Å². The van der Waals surface area contributed by atoms with Crippen LogP contribution in [0.1, 0.15) is 6.42 Å². The summed E-state index contributed by atoms with van der Waals surface area (Å²) >= 11 is 0. The van der Waals surface area contributed by atoms with Crippen LogP contribution in [0.5, 0.6) is 5.75 Å². The highest BCUT2D eigenvalue weighted by Crippen LogP contribution is 2.29. The molecule has 0 N–H and O–H groups in total. The monoisotopic (exact) mass is 284 g/mol. The zero-order valence-corrected chi connectivity index (χ0v) is 13.7. The summed E-state index contributed by atoms with van der Waals surface area (Å²) in [5.41, 5.74) is 2.40. The van der Waals surface area contributed by atoms with Crippen molar-refractivity contribution in [3.63, 3.8) is 0 Å². The molecule has 0 bridgehead atoms. The van der Waals surface area contributed by atoms with Crippen LogP contribution < -0.4 is 4.74 Å². The molecule has 0 spiro atoms. The first kappa shape index (κ1) is 14.9. The second kappa shape index (κ2) is 6.75. The quantitative estimate of drug-likeness (QED) is 0.505. The maximum atomic E-state index is 6.01. The Morgan fingerprint density at radius 1 is 0.850 bits per heavy atom. The van der Waals surface area contributed by atoms with E-state index in [1.54, 1.807) is 0 Å². The average molecular weight is 284 g/mol. The Labute approximate surface area is 123 Å². The van der Waals surface area contributed by atoms with Crippen LogP contribution in [-0.4, -0.2) is 14.7 Å². The average Bonchev–Trinajstić information content (AvgIpc) is 2.44. The third kappa shape index (κ3) is 4.53.